The Kier molecular flexibility index (Phi) is 2.92. The molecular formula is C20H28O5. The molecule has 0 amide bonds. The lowest BCUT2D eigenvalue weighted by molar-refractivity contribution is -0.346. The van der Waals surface area contributed by atoms with E-state index in [1.54, 1.807) is 6.08 Å². The predicted octanol–water partition coefficient (Wildman–Crippen LogP) is 3.13. The van der Waals surface area contributed by atoms with E-state index in [4.69, 9.17) is 14.2 Å². The van der Waals surface area contributed by atoms with Crippen LogP contribution in [-0.4, -0.2) is 41.1 Å². The number of ether oxygens (including phenoxy) is 3. The Morgan fingerprint density at radius 2 is 1.84 bits per heavy atom. The summed E-state index contributed by atoms with van der Waals surface area (Å²) in [6.45, 7) is 9.31. The van der Waals surface area contributed by atoms with E-state index in [0.717, 1.165) is 25.7 Å². The smallest absolute Gasteiger partial charge is 0.228 e. The first-order chi connectivity index (χ1) is 11.6. The molecule has 0 radical (unpaired) electrons. The highest BCUT2D eigenvalue weighted by Gasteiger charge is 2.75. The van der Waals surface area contributed by atoms with E-state index in [-0.39, 0.29) is 40.0 Å². The van der Waals surface area contributed by atoms with Gasteiger partial charge in [0, 0.05) is 11.3 Å². The Morgan fingerprint density at radius 1 is 1.08 bits per heavy atom. The van der Waals surface area contributed by atoms with Crippen molar-refractivity contribution in [3.63, 3.8) is 0 Å². The van der Waals surface area contributed by atoms with Crippen LogP contribution in [0.1, 0.15) is 53.4 Å². The third-order valence-corrected chi connectivity index (χ3v) is 8.03. The fraction of sp³-hybridized carbons (Fsp3) is 0.850. The maximum atomic E-state index is 12.2. The molecule has 138 valence electrons. The van der Waals surface area contributed by atoms with E-state index < -0.39 is 11.9 Å². The fourth-order valence-electron chi connectivity index (χ4n) is 6.72. The number of hydrogen-bond donors (Lipinski definition) is 1. The summed E-state index contributed by atoms with van der Waals surface area (Å²) >= 11 is 0. The van der Waals surface area contributed by atoms with E-state index >= 15 is 0 Å². The highest BCUT2D eigenvalue weighted by atomic mass is 16.7. The zero-order chi connectivity index (χ0) is 17.8. The molecule has 5 nitrogen and oxygen atoms in total. The van der Waals surface area contributed by atoms with E-state index in [1.165, 1.54) is 0 Å². The summed E-state index contributed by atoms with van der Waals surface area (Å²) in [6, 6.07) is 0. The van der Waals surface area contributed by atoms with Crippen molar-refractivity contribution in [2.45, 2.75) is 77.0 Å². The summed E-state index contributed by atoms with van der Waals surface area (Å²) in [7, 11) is 0. The summed E-state index contributed by atoms with van der Waals surface area (Å²) in [5.74, 6) is -0.339. The van der Waals surface area contributed by atoms with Gasteiger partial charge in [0.2, 0.25) is 5.78 Å². The van der Waals surface area contributed by atoms with Gasteiger partial charge in [0.25, 0.3) is 0 Å². The van der Waals surface area contributed by atoms with Crippen LogP contribution in [0.4, 0.5) is 0 Å². The normalized spacial score (nSPS) is 56.0. The van der Waals surface area contributed by atoms with Crippen molar-refractivity contribution >= 4 is 5.78 Å². The molecule has 0 unspecified atom stereocenters. The van der Waals surface area contributed by atoms with Crippen molar-refractivity contribution in [3.05, 3.63) is 11.8 Å². The van der Waals surface area contributed by atoms with Crippen LogP contribution in [0.3, 0.4) is 0 Å². The SMILES string of the molecule is CC1(C)OC[C@@]2(C)[C@H]3CC[C@@]45O[C@@H]4C(=O)C(O)=C[C@H]5[C@]3(C)CC[C@H]2O1. The molecule has 5 heteroatoms. The molecule has 2 saturated carbocycles. The summed E-state index contributed by atoms with van der Waals surface area (Å²) in [5, 5.41) is 10.2. The standard InChI is InChI=1S/C20H28O5/c1-17(2)23-10-19(4)12-5-8-20-13(9-11(21)15(22)16(20)25-20)18(12,3)7-6-14(19)24-17/h9,12-14,16,21H,5-8,10H2,1-4H3/t12-,13-,14+,16+,18+,19-,20-/m0/s1. The van der Waals surface area contributed by atoms with E-state index in [0.29, 0.717) is 12.5 Å². The number of carbonyl (C=O) groups is 1. The fourth-order valence-corrected chi connectivity index (χ4v) is 6.72. The molecule has 0 aromatic rings. The van der Waals surface area contributed by atoms with Crippen LogP contribution in [0.15, 0.2) is 11.8 Å². The van der Waals surface area contributed by atoms with Gasteiger partial charge < -0.3 is 19.3 Å². The van der Waals surface area contributed by atoms with Gasteiger partial charge in [-0.1, -0.05) is 13.8 Å². The monoisotopic (exact) mass is 348 g/mol. The van der Waals surface area contributed by atoms with Gasteiger partial charge in [-0.2, -0.15) is 0 Å². The number of carbonyl (C=O) groups excluding carboxylic acids is 1. The molecule has 2 saturated heterocycles. The molecule has 2 aliphatic heterocycles. The van der Waals surface area contributed by atoms with Crippen molar-refractivity contribution < 1.29 is 24.1 Å². The Bertz CT molecular complexity index is 684. The molecule has 0 aromatic carbocycles. The number of aliphatic hydroxyl groups excluding tert-OH is 1. The Balaban J connectivity index is 1.54. The minimum absolute atomic E-state index is 0.0128. The lowest BCUT2D eigenvalue weighted by Gasteiger charge is -2.64. The molecule has 2 heterocycles. The largest absolute Gasteiger partial charge is 0.505 e. The minimum Gasteiger partial charge on any atom is -0.505 e. The third-order valence-electron chi connectivity index (χ3n) is 8.03. The highest BCUT2D eigenvalue weighted by molar-refractivity contribution is 6.01. The van der Waals surface area contributed by atoms with Gasteiger partial charge in [-0.15, -0.1) is 0 Å². The maximum Gasteiger partial charge on any atom is 0.228 e. The lowest BCUT2D eigenvalue weighted by Crippen LogP contribution is -2.65. The lowest BCUT2D eigenvalue weighted by atomic mass is 9.44. The van der Waals surface area contributed by atoms with Crippen LogP contribution in [0.25, 0.3) is 0 Å². The second-order valence-corrected chi connectivity index (χ2v) is 9.78. The first-order valence-electron chi connectivity index (χ1n) is 9.57. The number of aliphatic hydroxyl groups is 1. The van der Waals surface area contributed by atoms with Gasteiger partial charge in [-0.05, 0) is 56.9 Å². The first kappa shape index (κ1) is 16.3. The van der Waals surface area contributed by atoms with Gasteiger partial charge in [-0.3, -0.25) is 4.79 Å². The van der Waals surface area contributed by atoms with Crippen molar-refractivity contribution in [1.82, 2.24) is 0 Å². The Hall–Kier alpha value is -0.910. The van der Waals surface area contributed by atoms with Crippen LogP contribution >= 0.6 is 0 Å². The highest BCUT2D eigenvalue weighted by Crippen LogP contribution is 2.69. The minimum atomic E-state index is -0.520. The molecule has 5 aliphatic rings. The first-order valence-corrected chi connectivity index (χ1v) is 9.57. The van der Waals surface area contributed by atoms with Crippen LogP contribution < -0.4 is 0 Å². The molecule has 1 N–H and O–H groups in total. The summed E-state index contributed by atoms with van der Waals surface area (Å²) in [5.41, 5.74) is -0.423. The van der Waals surface area contributed by atoms with Crippen molar-refractivity contribution in [3.8, 4) is 0 Å². The number of epoxide rings is 1. The molecule has 4 fully saturated rings. The average Bonchev–Trinajstić information content (AvgIpc) is 3.26. The van der Waals surface area contributed by atoms with Crippen molar-refractivity contribution in [2.24, 2.45) is 22.7 Å². The maximum absolute atomic E-state index is 12.2. The average molecular weight is 348 g/mol. The third kappa shape index (κ3) is 1.87. The molecular weight excluding hydrogens is 320 g/mol. The quantitative estimate of drug-likeness (QED) is 0.681. The number of rotatable bonds is 0. The van der Waals surface area contributed by atoms with Gasteiger partial charge in [-0.25, -0.2) is 0 Å². The molecule has 7 atom stereocenters. The topological polar surface area (TPSA) is 68.3 Å². The predicted molar refractivity (Wildman–Crippen MR) is 89.9 cm³/mol. The summed E-state index contributed by atoms with van der Waals surface area (Å²) in [4.78, 5) is 12.2. The van der Waals surface area contributed by atoms with E-state index in [1.807, 2.05) is 13.8 Å². The van der Waals surface area contributed by atoms with Gasteiger partial charge in [0.05, 0.1) is 12.7 Å². The number of Topliss-reactive ketones (excluding diaryl/α,β-unsaturated/α-hetero) is 1. The van der Waals surface area contributed by atoms with Gasteiger partial charge in [0.15, 0.2) is 17.7 Å². The van der Waals surface area contributed by atoms with Crippen LogP contribution in [0.5, 0.6) is 0 Å². The molecule has 5 rings (SSSR count). The molecule has 0 aromatic heterocycles. The van der Waals surface area contributed by atoms with Crippen molar-refractivity contribution in [1.29, 1.82) is 0 Å². The molecule has 0 bridgehead atoms. The van der Waals surface area contributed by atoms with Crippen LogP contribution in [0.2, 0.25) is 0 Å². The second kappa shape index (κ2) is 4.49. The molecule has 25 heavy (non-hydrogen) atoms. The Morgan fingerprint density at radius 3 is 2.60 bits per heavy atom. The zero-order valence-electron chi connectivity index (χ0n) is 15.5. The van der Waals surface area contributed by atoms with Crippen molar-refractivity contribution in [2.75, 3.05) is 6.61 Å². The molecule has 3 aliphatic carbocycles. The number of fused-ring (bicyclic) bond motifs is 4. The van der Waals surface area contributed by atoms with Crippen LogP contribution in [0, 0.1) is 22.7 Å². The van der Waals surface area contributed by atoms with Crippen LogP contribution in [-0.2, 0) is 19.0 Å². The van der Waals surface area contributed by atoms with E-state index in [2.05, 4.69) is 13.8 Å². The Labute approximate surface area is 148 Å². The zero-order valence-corrected chi connectivity index (χ0v) is 15.5. The van der Waals surface area contributed by atoms with E-state index in [9.17, 15) is 9.90 Å². The van der Waals surface area contributed by atoms with Gasteiger partial charge >= 0.3 is 0 Å². The summed E-state index contributed by atoms with van der Waals surface area (Å²) < 4.78 is 18.3. The summed E-state index contributed by atoms with van der Waals surface area (Å²) in [6.07, 6.45) is 5.47. The number of hydrogen-bond acceptors (Lipinski definition) is 5. The second-order valence-electron chi connectivity index (χ2n) is 9.78. The van der Waals surface area contributed by atoms with Gasteiger partial charge in [0.1, 0.15) is 5.60 Å². The molecule has 1 spiro atoms. The number of ketones is 1.